The van der Waals surface area contributed by atoms with Crippen LogP contribution >= 0.6 is 11.6 Å². The van der Waals surface area contributed by atoms with E-state index in [4.69, 9.17) is 21.1 Å². The third kappa shape index (κ3) is 4.74. The standard InChI is InChI=1S/C34H36ClN3O6/c1-4-43-23-16-14-22(15-17-23)36-30(40)27-28-32(42)38(26(19-39)21-10-6-5-7-11-21)29(34(28)18-20(2)33(27,3)44-34)31(41)37-25-13-9-8-12-24(25)35/h5-17,20,26-29,39H,4,18-19H2,1-3H3,(H,36,40)(H,37,41)/t20?,26-,27-,28+,29?,33+,34?/m1/s1. The molecule has 0 aromatic heterocycles. The number of aliphatic hydroxyl groups excluding tert-OH is 1. The number of benzene rings is 3. The average Bonchev–Trinajstić information content (AvgIpc) is 3.53. The fourth-order valence-corrected chi connectivity index (χ4v) is 7.71. The minimum absolute atomic E-state index is 0.150. The Bertz CT molecular complexity index is 1570. The van der Waals surface area contributed by atoms with Gasteiger partial charge >= 0.3 is 0 Å². The van der Waals surface area contributed by atoms with E-state index in [1.165, 1.54) is 4.90 Å². The van der Waals surface area contributed by atoms with Crippen molar-refractivity contribution < 1.29 is 29.0 Å². The molecule has 3 aliphatic rings. The van der Waals surface area contributed by atoms with E-state index in [2.05, 4.69) is 10.6 Å². The highest BCUT2D eigenvalue weighted by Crippen LogP contribution is 2.66. The number of anilines is 2. The summed E-state index contributed by atoms with van der Waals surface area (Å²) in [6.45, 7) is 5.83. The van der Waals surface area contributed by atoms with E-state index in [1.54, 1.807) is 60.7 Å². The monoisotopic (exact) mass is 617 g/mol. The van der Waals surface area contributed by atoms with Gasteiger partial charge in [-0.2, -0.15) is 0 Å². The molecular formula is C34H36ClN3O6. The minimum atomic E-state index is -1.31. The molecule has 230 valence electrons. The van der Waals surface area contributed by atoms with E-state index >= 15 is 0 Å². The van der Waals surface area contributed by atoms with E-state index in [0.29, 0.717) is 40.7 Å². The zero-order valence-corrected chi connectivity index (χ0v) is 25.6. The number of rotatable bonds is 9. The van der Waals surface area contributed by atoms with Crippen LogP contribution < -0.4 is 15.4 Å². The molecule has 44 heavy (non-hydrogen) atoms. The molecule has 3 aliphatic heterocycles. The number of carbonyl (C=O) groups excluding carboxylic acids is 3. The summed E-state index contributed by atoms with van der Waals surface area (Å²) in [5.41, 5.74) is -0.701. The van der Waals surface area contributed by atoms with Crippen molar-refractivity contribution in [2.24, 2.45) is 17.8 Å². The van der Waals surface area contributed by atoms with Crippen LogP contribution in [0, 0.1) is 17.8 Å². The first-order valence-corrected chi connectivity index (χ1v) is 15.3. The van der Waals surface area contributed by atoms with Crippen LogP contribution in [0.15, 0.2) is 78.9 Å². The molecule has 2 bridgehead atoms. The highest BCUT2D eigenvalue weighted by atomic mass is 35.5. The minimum Gasteiger partial charge on any atom is -0.494 e. The Balaban J connectivity index is 1.42. The Morgan fingerprint density at radius 3 is 2.39 bits per heavy atom. The van der Waals surface area contributed by atoms with E-state index in [0.717, 1.165) is 0 Å². The molecule has 0 radical (unpaired) electrons. The summed E-state index contributed by atoms with van der Waals surface area (Å²) in [6, 6.07) is 21.0. The first kappa shape index (κ1) is 30.1. The average molecular weight is 618 g/mol. The highest BCUT2D eigenvalue weighted by molar-refractivity contribution is 6.33. The second-order valence-corrected chi connectivity index (χ2v) is 12.4. The van der Waals surface area contributed by atoms with Crippen LogP contribution in [0.5, 0.6) is 5.75 Å². The molecule has 3 N–H and O–H groups in total. The van der Waals surface area contributed by atoms with Gasteiger partial charge in [-0.15, -0.1) is 0 Å². The number of nitrogens with one attached hydrogen (secondary N) is 2. The molecule has 3 aromatic rings. The summed E-state index contributed by atoms with van der Waals surface area (Å²) < 4.78 is 12.3. The molecule has 0 saturated carbocycles. The van der Waals surface area contributed by atoms with Crippen molar-refractivity contribution in [3.8, 4) is 5.75 Å². The van der Waals surface area contributed by atoms with Crippen molar-refractivity contribution in [1.29, 1.82) is 0 Å². The van der Waals surface area contributed by atoms with Crippen molar-refractivity contribution in [2.75, 3.05) is 23.8 Å². The Labute approximate surface area is 261 Å². The van der Waals surface area contributed by atoms with Gasteiger partial charge in [0.05, 0.1) is 47.4 Å². The summed E-state index contributed by atoms with van der Waals surface area (Å²) in [6.07, 6.45) is 0.386. The fourth-order valence-electron chi connectivity index (χ4n) is 7.53. The molecule has 3 amide bonds. The van der Waals surface area contributed by atoms with Crippen LogP contribution in [0.3, 0.4) is 0 Å². The number of para-hydroxylation sites is 1. The number of likely N-dealkylation sites (tertiary alicyclic amines) is 1. The third-order valence-electron chi connectivity index (χ3n) is 9.54. The van der Waals surface area contributed by atoms with Crippen LogP contribution in [0.25, 0.3) is 0 Å². The van der Waals surface area contributed by atoms with E-state index in [9.17, 15) is 19.5 Å². The number of fused-ring (bicyclic) bond motifs is 1. The van der Waals surface area contributed by atoms with Gasteiger partial charge in [0.1, 0.15) is 17.4 Å². The maximum atomic E-state index is 14.6. The zero-order valence-electron chi connectivity index (χ0n) is 24.8. The first-order valence-electron chi connectivity index (χ1n) is 14.9. The van der Waals surface area contributed by atoms with Gasteiger partial charge in [-0.3, -0.25) is 14.4 Å². The lowest BCUT2D eigenvalue weighted by Crippen LogP contribution is -2.54. The van der Waals surface area contributed by atoms with Gasteiger partial charge in [-0.05, 0) is 68.1 Å². The smallest absolute Gasteiger partial charge is 0.250 e. The summed E-state index contributed by atoms with van der Waals surface area (Å²) in [5, 5.41) is 16.9. The highest BCUT2D eigenvalue weighted by Gasteiger charge is 2.80. The molecule has 3 fully saturated rings. The molecule has 3 heterocycles. The van der Waals surface area contributed by atoms with Crippen LogP contribution in [0.1, 0.15) is 38.8 Å². The molecule has 3 aromatic carbocycles. The number of halogens is 1. The van der Waals surface area contributed by atoms with Gasteiger partial charge < -0.3 is 30.1 Å². The van der Waals surface area contributed by atoms with Crippen molar-refractivity contribution in [2.45, 2.75) is 50.5 Å². The first-order chi connectivity index (χ1) is 21.1. The SMILES string of the molecule is CCOc1ccc(NC(=O)[C@H]2[C@H]3C(=O)N([C@H](CO)c4ccccc4)C(C(=O)Nc4ccccc4Cl)C34CC(C)[C@]2(C)O4)cc1. The number of nitrogens with zero attached hydrogens (tertiary/aromatic N) is 1. The molecule has 10 heteroatoms. The molecular weight excluding hydrogens is 582 g/mol. The number of hydrogen-bond donors (Lipinski definition) is 3. The van der Waals surface area contributed by atoms with Gasteiger partial charge in [0.2, 0.25) is 17.7 Å². The van der Waals surface area contributed by atoms with Crippen molar-refractivity contribution in [3.05, 3.63) is 89.4 Å². The molecule has 1 spiro atoms. The number of carbonyl (C=O) groups is 3. The number of ether oxygens (including phenoxy) is 2. The summed E-state index contributed by atoms with van der Waals surface area (Å²) in [4.78, 5) is 44.5. The van der Waals surface area contributed by atoms with Crippen molar-refractivity contribution in [1.82, 2.24) is 4.90 Å². The van der Waals surface area contributed by atoms with Crippen molar-refractivity contribution >= 4 is 40.7 Å². The maximum absolute atomic E-state index is 14.6. The summed E-state index contributed by atoms with van der Waals surface area (Å²) in [5.74, 6) is -2.58. The maximum Gasteiger partial charge on any atom is 0.250 e. The molecule has 9 nitrogen and oxygen atoms in total. The molecule has 6 rings (SSSR count). The Morgan fingerprint density at radius 2 is 1.73 bits per heavy atom. The largest absolute Gasteiger partial charge is 0.494 e. The lowest BCUT2D eigenvalue weighted by molar-refractivity contribution is -0.148. The molecule has 3 saturated heterocycles. The molecule has 0 aliphatic carbocycles. The van der Waals surface area contributed by atoms with Gasteiger partial charge in [-0.25, -0.2) is 0 Å². The Morgan fingerprint density at radius 1 is 1.05 bits per heavy atom. The Hall–Kier alpha value is -3.92. The van der Waals surface area contributed by atoms with E-state index in [1.807, 2.05) is 39.0 Å². The lowest BCUT2D eigenvalue weighted by Gasteiger charge is -2.37. The van der Waals surface area contributed by atoms with Gasteiger partial charge in [-0.1, -0.05) is 61.0 Å². The van der Waals surface area contributed by atoms with Crippen LogP contribution in [-0.4, -0.2) is 58.2 Å². The second-order valence-electron chi connectivity index (χ2n) is 12.0. The van der Waals surface area contributed by atoms with E-state index in [-0.39, 0.29) is 11.8 Å². The summed E-state index contributed by atoms with van der Waals surface area (Å²) in [7, 11) is 0. The zero-order chi connectivity index (χ0) is 31.2. The van der Waals surface area contributed by atoms with Crippen LogP contribution in [0.2, 0.25) is 5.02 Å². The van der Waals surface area contributed by atoms with Crippen LogP contribution in [-0.2, 0) is 19.1 Å². The summed E-state index contributed by atoms with van der Waals surface area (Å²) >= 11 is 6.40. The number of amides is 3. The topological polar surface area (TPSA) is 117 Å². The fraction of sp³-hybridized carbons (Fsp3) is 0.382. The predicted octanol–water partition coefficient (Wildman–Crippen LogP) is 5.06. The van der Waals surface area contributed by atoms with Gasteiger partial charge in [0, 0.05) is 5.69 Å². The quantitative estimate of drug-likeness (QED) is 0.309. The van der Waals surface area contributed by atoms with Crippen molar-refractivity contribution in [3.63, 3.8) is 0 Å². The van der Waals surface area contributed by atoms with Gasteiger partial charge in [0.15, 0.2) is 0 Å². The van der Waals surface area contributed by atoms with Crippen LogP contribution in [0.4, 0.5) is 11.4 Å². The molecule has 7 atom stereocenters. The third-order valence-corrected chi connectivity index (χ3v) is 9.87. The number of hydrogen-bond acceptors (Lipinski definition) is 6. The lowest BCUT2D eigenvalue weighted by atomic mass is 9.62. The Kier molecular flexibility index (Phi) is 7.90. The predicted molar refractivity (Wildman–Crippen MR) is 166 cm³/mol. The number of aliphatic hydroxyl groups is 1. The second kappa shape index (κ2) is 11.5. The normalized spacial score (nSPS) is 29.3. The van der Waals surface area contributed by atoms with Gasteiger partial charge in [0.25, 0.3) is 0 Å². The van der Waals surface area contributed by atoms with E-state index < -0.39 is 53.5 Å². The molecule has 3 unspecified atom stereocenters.